The van der Waals surface area contributed by atoms with Crippen LogP contribution in [0.3, 0.4) is 0 Å². The number of hydrogen-bond acceptors (Lipinski definition) is 4. The molecule has 0 amide bonds. The smallest absolute Gasteiger partial charge is 0.257 e. The molecule has 0 saturated heterocycles. The summed E-state index contributed by atoms with van der Waals surface area (Å²) in [5, 5.41) is 7.76. The predicted molar refractivity (Wildman–Crippen MR) is 96.9 cm³/mol. The van der Waals surface area contributed by atoms with Gasteiger partial charge in [-0.3, -0.25) is 0 Å². The van der Waals surface area contributed by atoms with Crippen LogP contribution in [0.15, 0.2) is 24.5 Å². The zero-order chi connectivity index (χ0) is 18.6. The van der Waals surface area contributed by atoms with E-state index in [-0.39, 0.29) is 5.15 Å². The van der Waals surface area contributed by atoms with Gasteiger partial charge in [0.05, 0.1) is 17.4 Å². The van der Waals surface area contributed by atoms with E-state index in [1.165, 1.54) is 6.20 Å². The van der Waals surface area contributed by atoms with Gasteiger partial charge in [0.2, 0.25) is 5.95 Å². The monoisotopic (exact) mass is 367 g/mol. The van der Waals surface area contributed by atoms with Gasteiger partial charge in [-0.05, 0) is 37.1 Å². The van der Waals surface area contributed by atoms with Crippen LogP contribution in [-0.2, 0) is 6.54 Å². The molecule has 2 heterocycles. The summed E-state index contributed by atoms with van der Waals surface area (Å²) >= 11 is 6.03. The van der Waals surface area contributed by atoms with Crippen LogP contribution in [0.5, 0.6) is 0 Å². The predicted octanol–water partition coefficient (Wildman–Crippen LogP) is 5.13. The minimum atomic E-state index is -2.52. The first-order chi connectivity index (χ1) is 11.9. The normalized spacial score (nSPS) is 10.7. The van der Waals surface area contributed by atoms with Crippen molar-refractivity contribution in [3.63, 3.8) is 0 Å². The minimum absolute atomic E-state index is 0.0917. The summed E-state index contributed by atoms with van der Waals surface area (Å²) in [6, 6.07) is 3.99. The van der Waals surface area contributed by atoms with E-state index < -0.39 is 13.0 Å². The zero-order valence-corrected chi connectivity index (χ0v) is 15.3. The zero-order valence-electron chi connectivity index (χ0n) is 14.5. The van der Waals surface area contributed by atoms with E-state index in [1.807, 2.05) is 39.8 Å². The molecule has 0 aliphatic carbocycles. The van der Waals surface area contributed by atoms with Crippen molar-refractivity contribution >= 4 is 34.1 Å². The number of hydrogen-bond donors (Lipinski definition) is 1. The molecular formula is C17H20ClF2N5. The van der Waals surface area contributed by atoms with E-state index in [0.29, 0.717) is 11.6 Å². The number of nitrogens with zero attached hydrogens (tertiary/aromatic N) is 4. The third-order valence-corrected chi connectivity index (χ3v) is 3.93. The Morgan fingerprint density at radius 3 is 2.52 bits per heavy atom. The second-order valence-electron chi connectivity index (χ2n) is 5.24. The minimum Gasteiger partial charge on any atom is -0.320 e. The second-order valence-corrected chi connectivity index (χ2v) is 5.59. The first-order valence-corrected chi connectivity index (χ1v) is 8.32. The molecule has 2 aromatic heterocycles. The topological polar surface area (TPSA) is 55.6 Å². The van der Waals surface area contributed by atoms with E-state index in [9.17, 15) is 8.78 Å². The molecule has 25 heavy (non-hydrogen) atoms. The molecule has 3 rings (SSSR count). The van der Waals surface area contributed by atoms with Crippen molar-refractivity contribution in [2.75, 3.05) is 5.32 Å². The summed E-state index contributed by atoms with van der Waals surface area (Å²) in [6.07, 6.45) is 0.552. The fourth-order valence-corrected chi connectivity index (χ4v) is 2.40. The summed E-state index contributed by atoms with van der Waals surface area (Å²) in [6.45, 7) is 7.48. The highest BCUT2D eigenvalue weighted by atomic mass is 35.5. The van der Waals surface area contributed by atoms with Crippen LogP contribution < -0.4 is 5.32 Å². The molecule has 0 bridgehead atoms. The van der Waals surface area contributed by atoms with Gasteiger partial charge in [0.25, 0.3) is 6.43 Å². The van der Waals surface area contributed by atoms with Gasteiger partial charge in [-0.25, -0.2) is 23.4 Å². The third-order valence-electron chi connectivity index (χ3n) is 3.53. The van der Waals surface area contributed by atoms with Crippen LogP contribution >= 0.6 is 11.6 Å². The number of anilines is 2. The maximum Gasteiger partial charge on any atom is 0.257 e. The van der Waals surface area contributed by atoms with Crippen LogP contribution in [0.2, 0.25) is 5.15 Å². The van der Waals surface area contributed by atoms with Crippen molar-refractivity contribution in [2.24, 2.45) is 0 Å². The van der Waals surface area contributed by atoms with Gasteiger partial charge in [-0.2, -0.15) is 5.10 Å². The lowest BCUT2D eigenvalue weighted by molar-refractivity contribution is 0.122. The van der Waals surface area contributed by atoms with Crippen molar-refractivity contribution in [1.82, 2.24) is 19.7 Å². The molecule has 8 heteroatoms. The standard InChI is InChI=1S/C15H14ClF2N5.C2H6/c1-8-3-10-5-19-15(21-11(10)4-9(8)2)22-12-6-20-23(14(12)16)7-13(17)18;1-2/h3-6,13H,7H2,1-2H3,(H,19,21,22);1-2H3. The summed E-state index contributed by atoms with van der Waals surface area (Å²) < 4.78 is 25.9. The molecule has 0 aliphatic rings. The summed E-state index contributed by atoms with van der Waals surface area (Å²) in [4.78, 5) is 8.64. The van der Waals surface area contributed by atoms with E-state index in [1.54, 1.807) is 6.20 Å². The van der Waals surface area contributed by atoms with E-state index in [0.717, 1.165) is 26.7 Å². The highest BCUT2D eigenvalue weighted by Crippen LogP contribution is 2.25. The van der Waals surface area contributed by atoms with Crippen molar-refractivity contribution in [3.05, 3.63) is 40.8 Å². The first-order valence-electron chi connectivity index (χ1n) is 7.94. The summed E-state index contributed by atoms with van der Waals surface area (Å²) in [7, 11) is 0. The van der Waals surface area contributed by atoms with Gasteiger partial charge in [-0.1, -0.05) is 25.4 Å². The summed E-state index contributed by atoms with van der Waals surface area (Å²) in [5.41, 5.74) is 3.47. The Labute approximate surface area is 150 Å². The number of aromatic nitrogens is 4. The molecule has 0 aliphatic heterocycles. The second kappa shape index (κ2) is 8.20. The molecular weight excluding hydrogens is 348 g/mol. The van der Waals surface area contributed by atoms with Crippen molar-refractivity contribution in [3.8, 4) is 0 Å². The molecule has 3 aromatic rings. The molecule has 0 unspecified atom stereocenters. The number of halogens is 3. The van der Waals surface area contributed by atoms with Gasteiger partial charge in [-0.15, -0.1) is 0 Å². The lowest BCUT2D eigenvalue weighted by Crippen LogP contribution is -2.08. The van der Waals surface area contributed by atoms with Crippen LogP contribution in [0.25, 0.3) is 10.9 Å². The molecule has 1 aromatic carbocycles. The van der Waals surface area contributed by atoms with Crippen molar-refractivity contribution in [1.29, 1.82) is 0 Å². The number of fused-ring (bicyclic) bond motifs is 1. The Kier molecular flexibility index (Phi) is 6.25. The van der Waals surface area contributed by atoms with E-state index in [2.05, 4.69) is 20.4 Å². The number of benzene rings is 1. The Balaban J connectivity index is 0.00000109. The van der Waals surface area contributed by atoms with Gasteiger partial charge in [0.1, 0.15) is 6.54 Å². The van der Waals surface area contributed by atoms with Gasteiger partial charge < -0.3 is 5.32 Å². The Morgan fingerprint density at radius 1 is 1.16 bits per heavy atom. The Bertz CT molecular complexity index is 864. The van der Waals surface area contributed by atoms with Gasteiger partial charge in [0, 0.05) is 11.6 Å². The van der Waals surface area contributed by atoms with Crippen LogP contribution in [-0.4, -0.2) is 26.2 Å². The SMILES string of the molecule is CC.Cc1cc2cnc(Nc3cnn(CC(F)F)c3Cl)nc2cc1C. The largest absolute Gasteiger partial charge is 0.320 e. The highest BCUT2D eigenvalue weighted by molar-refractivity contribution is 6.32. The van der Waals surface area contributed by atoms with E-state index >= 15 is 0 Å². The maximum atomic E-state index is 12.4. The fourth-order valence-electron chi connectivity index (χ4n) is 2.19. The molecule has 134 valence electrons. The summed E-state index contributed by atoms with van der Waals surface area (Å²) in [5.74, 6) is 0.333. The molecule has 0 atom stereocenters. The van der Waals surface area contributed by atoms with Crippen molar-refractivity contribution in [2.45, 2.75) is 40.7 Å². The van der Waals surface area contributed by atoms with Gasteiger partial charge >= 0.3 is 0 Å². The van der Waals surface area contributed by atoms with Crippen LogP contribution in [0, 0.1) is 13.8 Å². The number of rotatable bonds is 4. The highest BCUT2D eigenvalue weighted by Gasteiger charge is 2.13. The average Bonchev–Trinajstić information content (AvgIpc) is 2.91. The van der Waals surface area contributed by atoms with Crippen molar-refractivity contribution < 1.29 is 8.78 Å². The fraction of sp³-hybridized carbons (Fsp3) is 0.353. The van der Waals surface area contributed by atoms with Crippen LogP contribution in [0.1, 0.15) is 25.0 Å². The lowest BCUT2D eigenvalue weighted by atomic mass is 10.1. The molecule has 0 saturated carbocycles. The Morgan fingerprint density at radius 2 is 1.84 bits per heavy atom. The molecule has 0 radical (unpaired) electrons. The van der Waals surface area contributed by atoms with E-state index in [4.69, 9.17) is 11.6 Å². The van der Waals surface area contributed by atoms with Gasteiger partial charge in [0.15, 0.2) is 5.15 Å². The average molecular weight is 368 g/mol. The number of alkyl halides is 2. The third kappa shape index (κ3) is 4.42. The molecule has 0 spiro atoms. The Hall–Kier alpha value is -2.28. The van der Waals surface area contributed by atoms with Crippen LogP contribution in [0.4, 0.5) is 20.4 Å². The lowest BCUT2D eigenvalue weighted by Gasteiger charge is -2.07. The molecule has 1 N–H and O–H groups in total. The molecule has 5 nitrogen and oxygen atoms in total. The molecule has 0 fully saturated rings. The first kappa shape index (κ1) is 19.1. The number of nitrogens with one attached hydrogen (secondary N) is 1. The maximum absolute atomic E-state index is 12.4. The quantitative estimate of drug-likeness (QED) is 0.694. The number of aryl methyl sites for hydroxylation is 2.